The van der Waals surface area contributed by atoms with Crippen LogP contribution in [-0.2, 0) is 32.6 Å². The summed E-state index contributed by atoms with van der Waals surface area (Å²) >= 11 is 0. The summed E-state index contributed by atoms with van der Waals surface area (Å²) < 4.78 is 45.6. The average molecular weight is 426 g/mol. The molecule has 0 spiro atoms. The van der Waals surface area contributed by atoms with Gasteiger partial charge in [-0.3, -0.25) is 9.05 Å². The highest BCUT2D eigenvalue weighted by atomic mass is 31.2. The summed E-state index contributed by atoms with van der Waals surface area (Å²) in [6.07, 6.45) is -3.39. The van der Waals surface area contributed by atoms with Crippen LogP contribution in [0, 0.1) is 0 Å². The second-order valence-electron chi connectivity index (χ2n) is 8.03. The zero-order valence-corrected chi connectivity index (χ0v) is 18.4. The molecular weight excluding hydrogens is 391 g/mol. The lowest BCUT2D eigenvalue weighted by Crippen LogP contribution is -2.37. The third-order valence-corrected chi connectivity index (χ3v) is 5.64. The monoisotopic (exact) mass is 426 g/mol. The van der Waals surface area contributed by atoms with Gasteiger partial charge in [0, 0.05) is 6.42 Å². The minimum absolute atomic E-state index is 0.00701. The Morgan fingerprint density at radius 1 is 1.07 bits per heavy atom. The smallest absolute Gasteiger partial charge is 0.388 e. The van der Waals surface area contributed by atoms with E-state index in [0.717, 1.165) is 0 Å². The highest BCUT2D eigenvalue weighted by Crippen LogP contribution is 2.48. The summed E-state index contributed by atoms with van der Waals surface area (Å²) in [4.78, 5) is 10.2. The van der Waals surface area contributed by atoms with E-state index >= 15 is 0 Å². The van der Waals surface area contributed by atoms with Gasteiger partial charge in [-0.2, -0.15) is 0 Å². The molecule has 0 aromatic rings. The first kappa shape index (κ1) is 24.2. The summed E-state index contributed by atoms with van der Waals surface area (Å²) in [7, 11) is -4.45. The van der Waals surface area contributed by atoms with E-state index in [4.69, 9.17) is 28.0 Å². The molecule has 10 heteroatoms. The molecule has 0 amide bonds. The number of phosphoric acid groups is 1. The van der Waals surface area contributed by atoms with Crippen molar-refractivity contribution in [3.05, 3.63) is 0 Å². The fourth-order valence-electron chi connectivity index (χ4n) is 3.38. The van der Waals surface area contributed by atoms with Crippen molar-refractivity contribution in [2.24, 2.45) is 0 Å². The summed E-state index contributed by atoms with van der Waals surface area (Å²) in [6.45, 7) is 11.1. The molecule has 2 aliphatic rings. The van der Waals surface area contributed by atoms with Gasteiger partial charge in [0.25, 0.3) is 0 Å². The Morgan fingerprint density at radius 2 is 1.75 bits per heavy atom. The van der Waals surface area contributed by atoms with Gasteiger partial charge in [-0.05, 0) is 41.5 Å². The number of rotatable bonds is 10. The van der Waals surface area contributed by atoms with Gasteiger partial charge < -0.3 is 28.9 Å². The van der Waals surface area contributed by atoms with Crippen LogP contribution < -0.4 is 0 Å². The predicted octanol–water partition coefficient (Wildman–Crippen LogP) is 2.03. The molecule has 2 saturated heterocycles. The lowest BCUT2D eigenvalue weighted by atomic mass is 10.1. The molecule has 0 radical (unpaired) electrons. The predicted molar refractivity (Wildman–Crippen MR) is 101 cm³/mol. The van der Waals surface area contributed by atoms with Crippen LogP contribution >= 0.6 is 7.82 Å². The molecule has 2 fully saturated rings. The molecule has 28 heavy (non-hydrogen) atoms. The van der Waals surface area contributed by atoms with Crippen molar-refractivity contribution >= 4 is 7.82 Å². The van der Waals surface area contributed by atoms with E-state index in [-0.39, 0.29) is 37.6 Å². The van der Waals surface area contributed by atoms with Gasteiger partial charge in [-0.15, -0.1) is 0 Å². The van der Waals surface area contributed by atoms with E-state index in [0.29, 0.717) is 6.42 Å². The fourth-order valence-corrected chi connectivity index (χ4v) is 4.35. The number of hydrogen-bond acceptors (Lipinski definition) is 8. The first-order chi connectivity index (χ1) is 13.0. The number of hydrogen-bond donors (Lipinski definition) is 2. The Morgan fingerprint density at radius 3 is 2.36 bits per heavy atom. The van der Waals surface area contributed by atoms with Crippen LogP contribution in [-0.4, -0.2) is 78.1 Å². The first-order valence-corrected chi connectivity index (χ1v) is 11.4. The van der Waals surface area contributed by atoms with E-state index in [1.807, 2.05) is 34.6 Å². The fraction of sp³-hybridized carbons (Fsp3) is 1.00. The molecule has 4 unspecified atom stereocenters. The first-order valence-electron chi connectivity index (χ1n) is 9.90. The Balaban J connectivity index is 1.93. The molecule has 2 rings (SSSR count). The molecule has 166 valence electrons. The van der Waals surface area contributed by atoms with Gasteiger partial charge in [0.1, 0.15) is 24.4 Å². The molecule has 2 heterocycles. The van der Waals surface area contributed by atoms with Crippen molar-refractivity contribution in [1.29, 1.82) is 0 Å². The summed E-state index contributed by atoms with van der Waals surface area (Å²) in [5, 5.41) is 10.3. The van der Waals surface area contributed by atoms with Crippen molar-refractivity contribution in [3.8, 4) is 0 Å². The maximum atomic E-state index is 12.5. The molecule has 0 saturated carbocycles. The highest BCUT2D eigenvalue weighted by molar-refractivity contribution is 7.47. The topological polar surface area (TPSA) is 113 Å². The van der Waals surface area contributed by atoms with Gasteiger partial charge in [0.05, 0.1) is 43.7 Å². The average Bonchev–Trinajstić information content (AvgIpc) is 3.04. The van der Waals surface area contributed by atoms with E-state index in [1.165, 1.54) is 0 Å². The Kier molecular flexibility index (Phi) is 8.88. The SMILES string of the molecule is CC(C)OC[C@H]1O[C@@H](C)[C@@H](O)C1OP(=O)(O)OCC1O[C@@H](C)CC1OC(C)C. The number of ether oxygens (including phenoxy) is 4. The van der Waals surface area contributed by atoms with Crippen LogP contribution in [0.3, 0.4) is 0 Å². The number of phosphoric ester groups is 1. The highest BCUT2D eigenvalue weighted by Gasteiger charge is 2.47. The second kappa shape index (κ2) is 10.3. The van der Waals surface area contributed by atoms with Crippen LogP contribution in [0.5, 0.6) is 0 Å². The summed E-state index contributed by atoms with van der Waals surface area (Å²) in [5.41, 5.74) is 0. The van der Waals surface area contributed by atoms with Crippen molar-refractivity contribution in [2.45, 2.75) is 103 Å². The molecule has 0 aliphatic carbocycles. The minimum atomic E-state index is -4.45. The van der Waals surface area contributed by atoms with E-state index < -0.39 is 38.3 Å². The molecule has 2 N–H and O–H groups in total. The molecular formula is C18H35O9P. The normalized spacial score (nSPS) is 38.4. The molecule has 0 aromatic heterocycles. The zero-order chi connectivity index (χ0) is 21.1. The molecule has 0 bridgehead atoms. The molecule has 0 aromatic carbocycles. The van der Waals surface area contributed by atoms with Crippen molar-refractivity contribution in [1.82, 2.24) is 0 Å². The molecule has 9 nitrogen and oxygen atoms in total. The van der Waals surface area contributed by atoms with Gasteiger partial charge in [0.2, 0.25) is 0 Å². The summed E-state index contributed by atoms with van der Waals surface area (Å²) in [5.74, 6) is 0. The number of aliphatic hydroxyl groups excluding tert-OH is 1. The standard InChI is InChI=1S/C18H35O9P/c1-10(2)22-8-16-18(17(19)13(6)26-16)27-28(20,21)23-9-15-14(24-11(3)4)7-12(5)25-15/h10-19H,7-9H2,1-6H3,(H,20,21)/t12-,13-,14?,15?,16+,17+,18?/m0/s1. The summed E-state index contributed by atoms with van der Waals surface area (Å²) in [6, 6.07) is 0. The lowest BCUT2D eigenvalue weighted by molar-refractivity contribution is -0.0712. The second-order valence-corrected chi connectivity index (χ2v) is 9.44. The Bertz CT molecular complexity index is 529. The van der Waals surface area contributed by atoms with Crippen LogP contribution in [0.15, 0.2) is 0 Å². The van der Waals surface area contributed by atoms with Crippen molar-refractivity contribution in [2.75, 3.05) is 13.2 Å². The van der Waals surface area contributed by atoms with Gasteiger partial charge >= 0.3 is 7.82 Å². The van der Waals surface area contributed by atoms with Crippen molar-refractivity contribution in [3.63, 3.8) is 0 Å². The van der Waals surface area contributed by atoms with E-state index in [1.54, 1.807) is 6.92 Å². The van der Waals surface area contributed by atoms with Crippen LogP contribution in [0.4, 0.5) is 0 Å². The maximum absolute atomic E-state index is 12.5. The van der Waals surface area contributed by atoms with Gasteiger partial charge in [-0.25, -0.2) is 4.57 Å². The largest absolute Gasteiger partial charge is 0.472 e. The third kappa shape index (κ3) is 7.00. The van der Waals surface area contributed by atoms with E-state index in [9.17, 15) is 14.6 Å². The van der Waals surface area contributed by atoms with E-state index in [2.05, 4.69) is 0 Å². The van der Waals surface area contributed by atoms with Crippen molar-refractivity contribution < 1.29 is 42.6 Å². The van der Waals surface area contributed by atoms with Crippen LogP contribution in [0.2, 0.25) is 0 Å². The van der Waals surface area contributed by atoms with Gasteiger partial charge in [0.15, 0.2) is 0 Å². The molecule has 8 atom stereocenters. The quantitative estimate of drug-likeness (QED) is 0.507. The lowest BCUT2D eigenvalue weighted by Gasteiger charge is -2.25. The Labute approximate surface area is 167 Å². The van der Waals surface area contributed by atoms with Gasteiger partial charge in [-0.1, -0.05) is 0 Å². The maximum Gasteiger partial charge on any atom is 0.472 e. The number of aliphatic hydroxyl groups is 1. The minimum Gasteiger partial charge on any atom is -0.388 e. The Hall–Kier alpha value is -0.0900. The zero-order valence-electron chi connectivity index (χ0n) is 17.5. The van der Waals surface area contributed by atoms with Crippen LogP contribution in [0.25, 0.3) is 0 Å². The molecule has 2 aliphatic heterocycles. The third-order valence-electron chi connectivity index (χ3n) is 4.66. The van der Waals surface area contributed by atoms with Crippen LogP contribution in [0.1, 0.15) is 48.0 Å².